The number of aromatic nitrogens is 3. The van der Waals surface area contributed by atoms with Gasteiger partial charge in [0.25, 0.3) is 5.91 Å². The van der Waals surface area contributed by atoms with E-state index in [9.17, 15) is 9.59 Å². The summed E-state index contributed by atoms with van der Waals surface area (Å²) in [6, 6.07) is 2.93. The summed E-state index contributed by atoms with van der Waals surface area (Å²) >= 11 is 0. The molecule has 0 aliphatic carbocycles. The molecule has 0 spiro atoms. The zero-order chi connectivity index (χ0) is 12.3. The molecule has 0 atom stereocenters. The fourth-order valence-corrected chi connectivity index (χ4v) is 1.22. The van der Waals surface area contributed by atoms with E-state index in [1.807, 2.05) is 0 Å². The van der Waals surface area contributed by atoms with Gasteiger partial charge in [0.2, 0.25) is 11.7 Å². The Kier molecular flexibility index (Phi) is 2.97. The number of aliphatic hydroxyl groups is 1. The zero-order valence-corrected chi connectivity index (χ0v) is 8.53. The minimum absolute atomic E-state index is 0.00106. The Balaban J connectivity index is 2.35. The first-order chi connectivity index (χ1) is 8.24. The van der Waals surface area contributed by atoms with E-state index in [4.69, 9.17) is 9.52 Å². The first-order valence-electron chi connectivity index (χ1n) is 4.61. The van der Waals surface area contributed by atoms with E-state index in [1.165, 1.54) is 24.7 Å². The summed E-state index contributed by atoms with van der Waals surface area (Å²) in [7, 11) is 0. The molecule has 0 saturated carbocycles. The van der Waals surface area contributed by atoms with E-state index < -0.39 is 18.4 Å². The highest BCUT2D eigenvalue weighted by atomic mass is 16.4. The van der Waals surface area contributed by atoms with Crippen LogP contribution in [0.25, 0.3) is 0 Å². The quantitative estimate of drug-likeness (QED) is 0.747. The molecule has 17 heavy (non-hydrogen) atoms. The maximum Gasteiger partial charge on any atom is 0.307 e. The van der Waals surface area contributed by atoms with Gasteiger partial charge in [-0.15, -0.1) is 5.10 Å². The van der Waals surface area contributed by atoms with E-state index in [-0.39, 0.29) is 11.7 Å². The van der Waals surface area contributed by atoms with Crippen molar-refractivity contribution in [1.29, 1.82) is 0 Å². The molecule has 8 nitrogen and oxygen atoms in total. The van der Waals surface area contributed by atoms with Crippen molar-refractivity contribution >= 4 is 17.7 Å². The van der Waals surface area contributed by atoms with Crippen LogP contribution in [0.4, 0.5) is 5.88 Å². The Morgan fingerprint density at radius 1 is 1.53 bits per heavy atom. The van der Waals surface area contributed by atoms with Crippen molar-refractivity contribution in [2.24, 2.45) is 0 Å². The number of nitrogens with one attached hydrogen (secondary N) is 1. The topological polar surface area (TPSA) is 112 Å². The molecule has 2 N–H and O–H groups in total. The molecular weight excluding hydrogens is 228 g/mol. The number of carbonyl (C=O) groups is 2. The Hall–Kier alpha value is -2.48. The number of hydrogen-bond donors (Lipinski definition) is 2. The summed E-state index contributed by atoms with van der Waals surface area (Å²) in [6.07, 6.45) is 2.51. The molecule has 8 heteroatoms. The van der Waals surface area contributed by atoms with Crippen LogP contribution in [0.1, 0.15) is 10.6 Å². The van der Waals surface area contributed by atoms with Crippen molar-refractivity contribution in [2.45, 2.75) is 0 Å². The Morgan fingerprint density at radius 2 is 2.35 bits per heavy atom. The summed E-state index contributed by atoms with van der Waals surface area (Å²) in [6.45, 7) is -0.823. The lowest BCUT2D eigenvalue weighted by Gasteiger charge is -2.14. The number of aromatic amines is 1. The third-order valence-corrected chi connectivity index (χ3v) is 1.92. The molecule has 0 bridgehead atoms. The molecule has 0 aliphatic rings. The molecular formula is C9H8N4O4. The van der Waals surface area contributed by atoms with Crippen molar-refractivity contribution in [2.75, 3.05) is 11.5 Å². The molecule has 88 valence electrons. The number of nitrogens with zero attached hydrogens (tertiary/aromatic N) is 3. The summed E-state index contributed by atoms with van der Waals surface area (Å²) in [5, 5.41) is 14.7. The van der Waals surface area contributed by atoms with Crippen molar-refractivity contribution in [3.8, 4) is 0 Å². The van der Waals surface area contributed by atoms with Crippen LogP contribution in [0.2, 0.25) is 0 Å². The summed E-state index contributed by atoms with van der Waals surface area (Å²) < 4.78 is 4.95. The molecule has 0 saturated heterocycles. The summed E-state index contributed by atoms with van der Waals surface area (Å²) in [4.78, 5) is 27.7. The van der Waals surface area contributed by atoms with Crippen molar-refractivity contribution < 1.29 is 19.1 Å². The van der Waals surface area contributed by atoms with Gasteiger partial charge in [0.15, 0.2) is 0 Å². The number of aliphatic hydroxyl groups excluding tert-OH is 1. The van der Waals surface area contributed by atoms with E-state index in [0.29, 0.717) is 4.90 Å². The van der Waals surface area contributed by atoms with Gasteiger partial charge in [-0.05, 0) is 6.07 Å². The predicted molar refractivity (Wildman–Crippen MR) is 54.0 cm³/mol. The number of hydrogen-bond acceptors (Lipinski definition) is 6. The second kappa shape index (κ2) is 4.58. The number of H-pyrrole nitrogens is 1. The fraction of sp³-hybridized carbons (Fsp3) is 0.111. The van der Waals surface area contributed by atoms with Crippen LogP contribution in [0.15, 0.2) is 29.1 Å². The van der Waals surface area contributed by atoms with Crippen molar-refractivity contribution in [1.82, 2.24) is 15.2 Å². The third-order valence-electron chi connectivity index (χ3n) is 1.92. The minimum Gasteiger partial charge on any atom is -0.448 e. The van der Waals surface area contributed by atoms with Crippen LogP contribution in [0.5, 0.6) is 0 Å². The third kappa shape index (κ3) is 2.06. The molecule has 0 unspecified atom stereocenters. The highest BCUT2D eigenvalue weighted by molar-refractivity contribution is 6.19. The van der Waals surface area contributed by atoms with Crippen LogP contribution in [0, 0.1) is 0 Å². The van der Waals surface area contributed by atoms with Crippen molar-refractivity contribution in [3.63, 3.8) is 0 Å². The Bertz CT molecular complexity index is 505. The molecule has 2 amide bonds. The number of amides is 2. The maximum atomic E-state index is 11.9. The second-order valence-electron chi connectivity index (χ2n) is 2.97. The Morgan fingerprint density at radius 3 is 2.88 bits per heavy atom. The standard InChI is InChI=1S/C9H8N4O4/c14-4-6(15)13(7-2-1-3-17-7)9(16)8-10-5-11-12-8/h1-3,5,14H,4H2,(H,10,11,12). The fourth-order valence-electron chi connectivity index (χ4n) is 1.22. The van der Waals surface area contributed by atoms with Gasteiger partial charge < -0.3 is 9.52 Å². The van der Waals surface area contributed by atoms with Gasteiger partial charge >= 0.3 is 5.91 Å². The van der Waals surface area contributed by atoms with Crippen LogP contribution in [-0.4, -0.2) is 38.7 Å². The number of furan rings is 1. The molecule has 2 rings (SSSR count). The van der Waals surface area contributed by atoms with E-state index in [1.54, 1.807) is 0 Å². The van der Waals surface area contributed by atoms with E-state index in [0.717, 1.165) is 0 Å². The maximum absolute atomic E-state index is 11.9. The second-order valence-corrected chi connectivity index (χ2v) is 2.97. The SMILES string of the molecule is O=C(CO)N(C(=O)c1nc[nH]n1)c1ccco1. The average Bonchev–Trinajstić information content (AvgIpc) is 3.01. The number of imide groups is 1. The van der Waals surface area contributed by atoms with Gasteiger partial charge in [0.1, 0.15) is 12.9 Å². The van der Waals surface area contributed by atoms with Gasteiger partial charge in [0, 0.05) is 6.07 Å². The largest absolute Gasteiger partial charge is 0.448 e. The lowest BCUT2D eigenvalue weighted by molar-refractivity contribution is -0.120. The van der Waals surface area contributed by atoms with E-state index >= 15 is 0 Å². The number of anilines is 1. The van der Waals surface area contributed by atoms with Gasteiger partial charge in [0.05, 0.1) is 6.26 Å². The van der Waals surface area contributed by atoms with E-state index in [2.05, 4.69) is 15.2 Å². The van der Waals surface area contributed by atoms with Crippen LogP contribution >= 0.6 is 0 Å². The van der Waals surface area contributed by atoms with Crippen LogP contribution in [-0.2, 0) is 4.79 Å². The minimum atomic E-state index is -0.824. The van der Waals surface area contributed by atoms with Gasteiger partial charge in [-0.3, -0.25) is 14.7 Å². The van der Waals surface area contributed by atoms with Crippen LogP contribution in [0.3, 0.4) is 0 Å². The highest BCUT2D eigenvalue weighted by Gasteiger charge is 2.28. The predicted octanol–water partition coefficient (Wildman–Crippen LogP) is -0.437. The average molecular weight is 236 g/mol. The number of carbonyl (C=O) groups excluding carboxylic acids is 2. The molecule has 2 heterocycles. The molecule has 2 aromatic rings. The first kappa shape index (κ1) is 11.0. The smallest absolute Gasteiger partial charge is 0.307 e. The monoisotopic (exact) mass is 236 g/mol. The molecule has 0 aromatic carbocycles. The lowest BCUT2D eigenvalue weighted by Crippen LogP contribution is -2.39. The zero-order valence-electron chi connectivity index (χ0n) is 8.53. The molecule has 2 aromatic heterocycles. The first-order valence-corrected chi connectivity index (χ1v) is 4.61. The Labute approximate surface area is 94.9 Å². The number of rotatable bonds is 3. The summed E-state index contributed by atoms with van der Waals surface area (Å²) in [5.41, 5.74) is 0. The van der Waals surface area contributed by atoms with Gasteiger partial charge in [-0.25, -0.2) is 9.88 Å². The molecule has 0 aliphatic heterocycles. The van der Waals surface area contributed by atoms with Crippen molar-refractivity contribution in [3.05, 3.63) is 30.5 Å². The molecule has 0 fully saturated rings. The van der Waals surface area contributed by atoms with Crippen LogP contribution < -0.4 is 4.90 Å². The highest BCUT2D eigenvalue weighted by Crippen LogP contribution is 2.16. The van der Waals surface area contributed by atoms with Gasteiger partial charge in [-0.2, -0.15) is 0 Å². The normalized spacial score (nSPS) is 10.2. The molecule has 0 radical (unpaired) electrons. The summed E-state index contributed by atoms with van der Waals surface area (Å²) in [5.74, 6) is -1.79. The van der Waals surface area contributed by atoms with Gasteiger partial charge in [-0.1, -0.05) is 0 Å². The lowest BCUT2D eigenvalue weighted by atomic mass is 10.4.